The van der Waals surface area contributed by atoms with Crippen LogP contribution in [-0.2, 0) is 24.6 Å². The van der Waals surface area contributed by atoms with Gasteiger partial charge in [-0.25, -0.2) is 0 Å². The molecule has 2 N–H and O–H groups in total. The summed E-state index contributed by atoms with van der Waals surface area (Å²) < 4.78 is 2.99. The second kappa shape index (κ2) is 3.41. The summed E-state index contributed by atoms with van der Waals surface area (Å²) in [6.07, 6.45) is 0. The van der Waals surface area contributed by atoms with Crippen molar-refractivity contribution in [1.82, 2.24) is 0 Å². The van der Waals surface area contributed by atoms with Gasteiger partial charge in [0.25, 0.3) is 0 Å². The fourth-order valence-electron chi connectivity index (χ4n) is 0. The van der Waals surface area contributed by atoms with Crippen LogP contribution in [0.2, 0.25) is 0 Å². The van der Waals surface area contributed by atoms with Crippen molar-refractivity contribution in [2.75, 3.05) is 0 Å². The van der Waals surface area contributed by atoms with Gasteiger partial charge in [0, 0.05) is 0 Å². The van der Waals surface area contributed by atoms with Crippen molar-refractivity contribution in [3.63, 3.8) is 0 Å². The molecule has 4 heteroatoms. The topological polar surface area (TPSA) is 47.6 Å². The minimum atomic E-state index is 1.62. The first-order chi connectivity index (χ1) is 1.91. The molecule has 0 radical (unpaired) electrons. The molecule has 0 rings (SSSR count). The summed E-state index contributed by atoms with van der Waals surface area (Å²) in [5, 5.41) is 0. The van der Waals surface area contributed by atoms with E-state index in [1.165, 1.54) is 0 Å². The molecule has 0 saturated heterocycles. The molecule has 0 bridgehead atoms. The molecule has 0 aliphatic carbocycles. The molecule has 0 amide bonds. The minimum absolute atomic E-state index is 1.62. The molecule has 0 fully saturated rings. The molecule has 0 atom stereocenters. The first kappa shape index (κ1) is 4.41. The van der Waals surface area contributed by atoms with Crippen LogP contribution in [-0.4, -0.2) is 0 Å². The van der Waals surface area contributed by atoms with Crippen LogP contribution in [0.1, 0.15) is 0 Å². The van der Waals surface area contributed by atoms with Crippen LogP contribution in [0.3, 0.4) is 0 Å². The van der Waals surface area contributed by atoms with Gasteiger partial charge in [-0.1, -0.05) is 0 Å². The van der Waals surface area contributed by atoms with Gasteiger partial charge in [0.2, 0.25) is 0 Å². The van der Waals surface area contributed by atoms with E-state index in [2.05, 4.69) is 14.5 Å². The molecule has 0 unspecified atom stereocenters. The summed E-state index contributed by atoms with van der Waals surface area (Å²) in [7, 11) is 0. The van der Waals surface area contributed by atoms with E-state index in [0.29, 0.717) is 0 Å². The van der Waals surface area contributed by atoms with E-state index in [9.17, 15) is 0 Å². The molecule has 0 aromatic rings. The molecule has 3 nitrogen and oxygen atoms in total. The molecule has 0 spiro atoms. The van der Waals surface area contributed by atoms with Crippen molar-refractivity contribution in [3.8, 4) is 0 Å². The average Bonchev–Trinajstić information content (AvgIpc) is 1.37. The average molecular weight is 241 g/mol. The fraction of sp³-hybridized carbons (Fsp3) is 0. The molecule has 0 aromatic carbocycles. The van der Waals surface area contributed by atoms with Gasteiger partial charge in [-0.3, -0.25) is 0 Å². The maximum absolute atomic E-state index is 4.35. The number of nitrogens with two attached hydrogens (primary N) is 1. The van der Waals surface area contributed by atoms with Crippen LogP contribution in [0.4, 0.5) is 0 Å². The predicted molar refractivity (Wildman–Crippen MR) is 7.70 cm³/mol. The van der Waals surface area contributed by atoms with Crippen molar-refractivity contribution in [1.29, 1.82) is 0 Å². The summed E-state index contributed by atoms with van der Waals surface area (Å²) in [5.41, 5.74) is 0. The quantitative estimate of drug-likeness (QED) is 0.630. The van der Waals surface area contributed by atoms with Gasteiger partial charge in [-0.2, -0.15) is 0 Å². The first-order valence-corrected chi connectivity index (χ1v) is 1.58. The fourth-order valence-corrected chi connectivity index (χ4v) is 0. The summed E-state index contributed by atoms with van der Waals surface area (Å²) in [6, 6.07) is 0. The molecule has 28 valence electrons. The normalized spacial score (nSPS) is 6.75. The van der Waals surface area contributed by atoms with Crippen LogP contribution >= 0.6 is 0 Å². The number of hydrogen-bond donors (Lipinski definition) is 1. The molecule has 0 aliphatic rings. The predicted octanol–water partition coefficient (Wildman–Crippen LogP) is -0.478. The van der Waals surface area contributed by atoms with Gasteiger partial charge >= 0.3 is 34.1 Å². The zero-order valence-electron chi connectivity index (χ0n) is 1.75. The van der Waals surface area contributed by atoms with Crippen LogP contribution < -0.4 is 5.90 Å². The summed E-state index contributed by atoms with van der Waals surface area (Å²) in [6.45, 7) is 0. The van der Waals surface area contributed by atoms with E-state index in [1.807, 2.05) is 0 Å². The van der Waals surface area contributed by atoms with E-state index in [0.717, 1.165) is 0 Å². The molecule has 0 aliphatic heterocycles. The van der Waals surface area contributed by atoms with Crippen molar-refractivity contribution < 1.29 is 24.6 Å². The Bertz CT molecular complexity index is 20.0. The number of nitrogens with zero attached hydrogens (tertiary/aromatic N) is 1. The van der Waals surface area contributed by atoms with E-state index in [-0.39, 0.29) is 0 Å². The zero-order chi connectivity index (χ0) is 3.41. The van der Waals surface area contributed by atoms with Crippen molar-refractivity contribution in [2.24, 2.45) is 9.56 Å². The van der Waals surface area contributed by atoms with Crippen molar-refractivity contribution in [2.45, 2.75) is 0 Å². The van der Waals surface area contributed by atoms with Crippen molar-refractivity contribution >= 4 is 0 Å². The Morgan fingerprint density at radius 1 is 2.00 bits per heavy atom. The Hall–Kier alpha value is 0.408. The van der Waals surface area contributed by atoms with Crippen molar-refractivity contribution in [3.05, 3.63) is 0 Å². The Kier molecular flexibility index (Phi) is 3.76. The molecule has 0 aromatic heterocycles. The van der Waals surface area contributed by atoms with Gasteiger partial charge in [0.05, 0.1) is 0 Å². The van der Waals surface area contributed by atoms with Crippen LogP contribution in [0.15, 0.2) is 3.66 Å². The van der Waals surface area contributed by atoms with Gasteiger partial charge in [-0.15, -0.1) is 0 Å². The third-order valence-corrected chi connectivity index (χ3v) is 0.273. The second-order valence-corrected chi connectivity index (χ2v) is 0.578. The Balaban J connectivity index is 2.30. The summed E-state index contributed by atoms with van der Waals surface area (Å²) in [4.78, 5) is 3.65. The Labute approximate surface area is 34.8 Å². The summed E-state index contributed by atoms with van der Waals surface area (Å²) in [5.74, 6) is 4.35. The first-order valence-electron chi connectivity index (χ1n) is 0.560. The van der Waals surface area contributed by atoms with Gasteiger partial charge in [0.15, 0.2) is 0 Å². The maximum atomic E-state index is 4.35. The third-order valence-electron chi connectivity index (χ3n) is 0.0333. The SMILES string of the molecule is NO[N]=[Pt]. The number of hydrogen-bond acceptors (Lipinski definition) is 3. The second-order valence-electron chi connectivity index (χ2n) is 0.163. The standard InChI is InChI=1S/H2N2O.Pt/c1-3-2;/h1H2;. The van der Waals surface area contributed by atoms with Gasteiger partial charge in [0.1, 0.15) is 0 Å². The Morgan fingerprint density at radius 3 is 2.25 bits per heavy atom. The molecular weight excluding hydrogens is 239 g/mol. The van der Waals surface area contributed by atoms with E-state index in [4.69, 9.17) is 0 Å². The van der Waals surface area contributed by atoms with Gasteiger partial charge < -0.3 is 0 Å². The molecule has 0 saturated carbocycles. The van der Waals surface area contributed by atoms with Crippen LogP contribution in [0, 0.1) is 0 Å². The molecule has 0 heterocycles. The summed E-state index contributed by atoms with van der Waals surface area (Å²) >= 11 is 1.62. The Morgan fingerprint density at radius 2 is 2.25 bits per heavy atom. The van der Waals surface area contributed by atoms with Gasteiger partial charge in [-0.05, 0) is 0 Å². The molecular formula is H2N2OPt. The monoisotopic (exact) mass is 241 g/mol. The van der Waals surface area contributed by atoms with E-state index >= 15 is 0 Å². The number of rotatable bonds is 1. The van der Waals surface area contributed by atoms with Crippen LogP contribution in [0.5, 0.6) is 0 Å². The van der Waals surface area contributed by atoms with E-state index in [1.54, 1.807) is 19.6 Å². The van der Waals surface area contributed by atoms with Crippen LogP contribution in [0.25, 0.3) is 0 Å². The zero-order valence-corrected chi connectivity index (χ0v) is 4.02. The molecule has 4 heavy (non-hydrogen) atoms. The third kappa shape index (κ3) is 2.41. The van der Waals surface area contributed by atoms with E-state index < -0.39 is 0 Å².